The van der Waals surface area contributed by atoms with Gasteiger partial charge in [0.15, 0.2) is 0 Å². The molecule has 0 saturated carbocycles. The van der Waals surface area contributed by atoms with E-state index < -0.39 is 0 Å². The summed E-state index contributed by atoms with van der Waals surface area (Å²) in [4.78, 5) is 4.37. The Morgan fingerprint density at radius 1 is 1.24 bits per heavy atom. The van der Waals surface area contributed by atoms with E-state index in [0.29, 0.717) is 0 Å². The van der Waals surface area contributed by atoms with Gasteiger partial charge in [-0.3, -0.25) is 4.98 Å². The molecule has 4 heteroatoms. The number of rotatable bonds is 7. The van der Waals surface area contributed by atoms with E-state index in [1.807, 2.05) is 18.2 Å². The van der Waals surface area contributed by atoms with E-state index in [1.165, 1.54) is 6.07 Å². The minimum absolute atomic E-state index is 0.180. The Labute approximate surface area is 130 Å². The number of benzene rings is 1. The van der Waals surface area contributed by atoms with E-state index in [2.05, 4.69) is 17.2 Å². The molecule has 0 spiro atoms. The number of hydrogen-bond donors (Lipinski definition) is 1. The van der Waals surface area contributed by atoms with Crippen molar-refractivity contribution in [3.05, 3.63) is 64.7 Å². The summed E-state index contributed by atoms with van der Waals surface area (Å²) in [7, 11) is 0. The van der Waals surface area contributed by atoms with Gasteiger partial charge in [0.2, 0.25) is 0 Å². The van der Waals surface area contributed by atoms with Crippen LogP contribution >= 0.6 is 11.6 Å². The molecule has 0 radical (unpaired) electrons. The molecular weight excluding hydrogens is 287 g/mol. The molecule has 0 amide bonds. The molecule has 0 aliphatic carbocycles. The Morgan fingerprint density at radius 2 is 2.10 bits per heavy atom. The van der Waals surface area contributed by atoms with Crippen molar-refractivity contribution < 1.29 is 4.39 Å². The zero-order valence-corrected chi connectivity index (χ0v) is 12.9. The van der Waals surface area contributed by atoms with Crippen LogP contribution in [0.15, 0.2) is 42.6 Å². The quantitative estimate of drug-likeness (QED) is 0.835. The molecule has 1 heterocycles. The standard InChI is InChI=1S/C17H20ClFN2/c1-2-8-20-15(12-14-5-3-4-9-21-14)10-13-6-7-17(19)16(18)11-13/h3-7,9,11,15,20H,2,8,10,12H2,1H3. The highest BCUT2D eigenvalue weighted by Gasteiger charge is 2.12. The summed E-state index contributed by atoms with van der Waals surface area (Å²) in [6.45, 7) is 3.09. The summed E-state index contributed by atoms with van der Waals surface area (Å²) in [5.74, 6) is -0.372. The minimum Gasteiger partial charge on any atom is -0.313 e. The van der Waals surface area contributed by atoms with Crippen molar-refractivity contribution in [2.45, 2.75) is 32.2 Å². The lowest BCUT2D eigenvalue weighted by molar-refractivity contribution is 0.500. The van der Waals surface area contributed by atoms with Crippen molar-refractivity contribution in [3.8, 4) is 0 Å². The molecule has 21 heavy (non-hydrogen) atoms. The minimum atomic E-state index is -0.372. The highest BCUT2D eigenvalue weighted by atomic mass is 35.5. The number of hydrogen-bond acceptors (Lipinski definition) is 2. The van der Waals surface area contributed by atoms with E-state index in [-0.39, 0.29) is 16.9 Å². The number of aromatic nitrogens is 1. The van der Waals surface area contributed by atoms with Gasteiger partial charge in [-0.2, -0.15) is 0 Å². The Hall–Kier alpha value is -1.45. The first-order valence-corrected chi connectivity index (χ1v) is 7.64. The van der Waals surface area contributed by atoms with E-state index in [1.54, 1.807) is 18.3 Å². The molecule has 0 saturated heterocycles. The lowest BCUT2D eigenvalue weighted by atomic mass is 10.0. The maximum atomic E-state index is 13.2. The lowest BCUT2D eigenvalue weighted by Gasteiger charge is -2.18. The molecular formula is C17H20ClFN2. The highest BCUT2D eigenvalue weighted by Crippen LogP contribution is 2.17. The van der Waals surface area contributed by atoms with Crippen LogP contribution in [0, 0.1) is 5.82 Å². The van der Waals surface area contributed by atoms with Gasteiger partial charge < -0.3 is 5.32 Å². The van der Waals surface area contributed by atoms with Gasteiger partial charge in [0.1, 0.15) is 5.82 Å². The molecule has 1 unspecified atom stereocenters. The van der Waals surface area contributed by atoms with Crippen LogP contribution in [0.3, 0.4) is 0 Å². The molecule has 2 rings (SSSR count). The lowest BCUT2D eigenvalue weighted by Crippen LogP contribution is -2.34. The summed E-state index contributed by atoms with van der Waals surface area (Å²) in [5.41, 5.74) is 2.09. The number of nitrogens with zero attached hydrogens (tertiary/aromatic N) is 1. The highest BCUT2D eigenvalue weighted by molar-refractivity contribution is 6.30. The monoisotopic (exact) mass is 306 g/mol. The second-order valence-corrected chi connectivity index (χ2v) is 5.54. The van der Waals surface area contributed by atoms with Gasteiger partial charge in [-0.1, -0.05) is 30.7 Å². The molecule has 1 aromatic heterocycles. The Kier molecular flexibility index (Phi) is 6.15. The average Bonchev–Trinajstić information content (AvgIpc) is 2.49. The smallest absolute Gasteiger partial charge is 0.141 e. The van der Waals surface area contributed by atoms with Crippen LogP contribution in [0.25, 0.3) is 0 Å². The van der Waals surface area contributed by atoms with Crippen LogP contribution < -0.4 is 5.32 Å². The van der Waals surface area contributed by atoms with Crippen molar-refractivity contribution in [1.29, 1.82) is 0 Å². The maximum Gasteiger partial charge on any atom is 0.141 e. The maximum absolute atomic E-state index is 13.2. The molecule has 0 bridgehead atoms. The van der Waals surface area contributed by atoms with Crippen LogP contribution in [0.5, 0.6) is 0 Å². The zero-order chi connectivity index (χ0) is 15.1. The van der Waals surface area contributed by atoms with Crippen molar-refractivity contribution in [1.82, 2.24) is 10.3 Å². The molecule has 112 valence electrons. The van der Waals surface area contributed by atoms with E-state index in [0.717, 1.165) is 37.1 Å². The van der Waals surface area contributed by atoms with Gasteiger partial charge in [0, 0.05) is 24.4 Å². The molecule has 1 atom stereocenters. The Bertz CT molecular complexity index is 560. The molecule has 0 fully saturated rings. The number of pyridine rings is 1. The van der Waals surface area contributed by atoms with Gasteiger partial charge >= 0.3 is 0 Å². The van der Waals surface area contributed by atoms with Crippen molar-refractivity contribution >= 4 is 11.6 Å². The summed E-state index contributed by atoms with van der Waals surface area (Å²) in [6.07, 6.45) is 4.52. The van der Waals surface area contributed by atoms with E-state index in [4.69, 9.17) is 11.6 Å². The normalized spacial score (nSPS) is 12.3. The first-order valence-electron chi connectivity index (χ1n) is 7.26. The molecule has 0 aliphatic rings. The van der Waals surface area contributed by atoms with Crippen LogP contribution in [-0.2, 0) is 12.8 Å². The van der Waals surface area contributed by atoms with Crippen LogP contribution in [0.1, 0.15) is 24.6 Å². The second-order valence-electron chi connectivity index (χ2n) is 5.13. The van der Waals surface area contributed by atoms with Crippen LogP contribution in [0.4, 0.5) is 4.39 Å². The fraction of sp³-hybridized carbons (Fsp3) is 0.353. The van der Waals surface area contributed by atoms with Crippen molar-refractivity contribution in [3.63, 3.8) is 0 Å². The largest absolute Gasteiger partial charge is 0.313 e. The third kappa shape index (κ3) is 5.10. The Morgan fingerprint density at radius 3 is 2.76 bits per heavy atom. The predicted molar refractivity (Wildman–Crippen MR) is 85.1 cm³/mol. The summed E-state index contributed by atoms with van der Waals surface area (Å²) in [6, 6.07) is 11.1. The van der Waals surface area contributed by atoms with Crippen LogP contribution in [0.2, 0.25) is 5.02 Å². The first kappa shape index (κ1) is 15.9. The molecule has 2 aromatic rings. The average molecular weight is 307 g/mol. The predicted octanol–water partition coefficient (Wildman–Crippen LogP) is 4.03. The number of halogens is 2. The van der Waals surface area contributed by atoms with Gasteiger partial charge in [0.05, 0.1) is 5.02 Å². The fourth-order valence-corrected chi connectivity index (χ4v) is 2.49. The van der Waals surface area contributed by atoms with Gasteiger partial charge in [-0.25, -0.2) is 4.39 Å². The molecule has 2 nitrogen and oxygen atoms in total. The Balaban J connectivity index is 2.06. The van der Waals surface area contributed by atoms with Gasteiger partial charge in [-0.15, -0.1) is 0 Å². The number of nitrogens with one attached hydrogen (secondary N) is 1. The third-order valence-electron chi connectivity index (χ3n) is 3.33. The fourth-order valence-electron chi connectivity index (χ4n) is 2.29. The summed E-state index contributed by atoms with van der Waals surface area (Å²) >= 11 is 5.85. The first-order chi connectivity index (χ1) is 10.2. The third-order valence-corrected chi connectivity index (χ3v) is 3.62. The van der Waals surface area contributed by atoms with Crippen molar-refractivity contribution in [2.75, 3.05) is 6.54 Å². The SMILES string of the molecule is CCCNC(Cc1ccc(F)c(Cl)c1)Cc1ccccn1. The molecule has 1 N–H and O–H groups in total. The zero-order valence-electron chi connectivity index (χ0n) is 12.2. The van der Waals surface area contributed by atoms with Crippen LogP contribution in [-0.4, -0.2) is 17.6 Å². The van der Waals surface area contributed by atoms with E-state index in [9.17, 15) is 4.39 Å². The van der Waals surface area contributed by atoms with Crippen molar-refractivity contribution in [2.24, 2.45) is 0 Å². The van der Waals surface area contributed by atoms with Gasteiger partial charge in [-0.05, 0) is 49.2 Å². The molecule has 1 aromatic carbocycles. The summed E-state index contributed by atoms with van der Waals surface area (Å²) in [5, 5.41) is 3.70. The van der Waals surface area contributed by atoms with E-state index >= 15 is 0 Å². The topological polar surface area (TPSA) is 24.9 Å². The summed E-state index contributed by atoms with van der Waals surface area (Å²) < 4.78 is 13.2. The van der Waals surface area contributed by atoms with Gasteiger partial charge in [0.25, 0.3) is 0 Å². The molecule has 0 aliphatic heterocycles. The second kappa shape index (κ2) is 8.11.